The third-order valence-electron chi connectivity index (χ3n) is 3.37. The summed E-state index contributed by atoms with van der Waals surface area (Å²) in [5.41, 5.74) is 0.342. The van der Waals surface area contributed by atoms with Crippen molar-refractivity contribution in [3.05, 3.63) is 41.7 Å². The molecular weight excluding hydrogens is 315 g/mol. The molecule has 2 aromatic rings. The Balaban J connectivity index is 2.48. The fourth-order valence-electron chi connectivity index (χ4n) is 2.29. The van der Waals surface area contributed by atoms with E-state index in [1.807, 2.05) is 13.2 Å². The van der Waals surface area contributed by atoms with Gasteiger partial charge < -0.3 is 5.32 Å². The first-order valence-corrected chi connectivity index (χ1v) is 8.93. The summed E-state index contributed by atoms with van der Waals surface area (Å²) in [4.78, 5) is 16.0. The van der Waals surface area contributed by atoms with Gasteiger partial charge in [-0.3, -0.25) is 4.79 Å². The molecule has 5 nitrogen and oxygen atoms in total. The maximum atomic E-state index is 14.2. The number of nitrogens with one attached hydrogen (secondary N) is 1. The fourth-order valence-corrected chi connectivity index (χ4v) is 2.76. The standard InChI is InChI=1S/C16H21FN4OS/c1-4-15-19-16(13(9-10-23-3)18-11(2)22)21(20-15)14-8-6-5-7-12(14)17/h5-8,13H,4,9-10H2,1-3H3,(H,18,22)/t13-/m0/s1. The van der Waals surface area contributed by atoms with Crippen LogP contribution >= 0.6 is 11.8 Å². The molecule has 0 unspecified atom stereocenters. The summed E-state index contributed by atoms with van der Waals surface area (Å²) in [6, 6.07) is 6.14. The van der Waals surface area contributed by atoms with Crippen LogP contribution in [0.5, 0.6) is 0 Å². The lowest BCUT2D eigenvalue weighted by Gasteiger charge is -2.17. The van der Waals surface area contributed by atoms with Crippen LogP contribution in [-0.2, 0) is 11.2 Å². The quantitative estimate of drug-likeness (QED) is 0.844. The summed E-state index contributed by atoms with van der Waals surface area (Å²) in [6.07, 6.45) is 3.35. The highest BCUT2D eigenvalue weighted by Gasteiger charge is 2.22. The van der Waals surface area contributed by atoms with Crippen molar-refractivity contribution in [3.8, 4) is 5.69 Å². The minimum Gasteiger partial charge on any atom is -0.346 e. The Kier molecular flexibility index (Phi) is 6.15. The van der Waals surface area contributed by atoms with Crippen molar-refractivity contribution in [2.45, 2.75) is 32.7 Å². The van der Waals surface area contributed by atoms with E-state index in [4.69, 9.17) is 0 Å². The van der Waals surface area contributed by atoms with Crippen LogP contribution in [0.3, 0.4) is 0 Å². The molecule has 0 aliphatic rings. The normalized spacial score (nSPS) is 12.2. The molecule has 0 spiro atoms. The van der Waals surface area contributed by atoms with Crippen molar-refractivity contribution < 1.29 is 9.18 Å². The lowest BCUT2D eigenvalue weighted by atomic mass is 10.2. The molecule has 1 N–H and O–H groups in total. The number of rotatable bonds is 7. The number of benzene rings is 1. The average molecular weight is 336 g/mol. The summed E-state index contributed by atoms with van der Waals surface area (Å²) < 4.78 is 15.7. The lowest BCUT2D eigenvalue weighted by Crippen LogP contribution is -2.29. The molecule has 1 amide bonds. The first-order valence-electron chi connectivity index (χ1n) is 7.53. The molecule has 2 rings (SSSR count). The summed E-state index contributed by atoms with van der Waals surface area (Å²) >= 11 is 1.69. The van der Waals surface area contributed by atoms with Gasteiger partial charge in [0.05, 0.1) is 6.04 Å². The van der Waals surface area contributed by atoms with Crippen molar-refractivity contribution in [2.24, 2.45) is 0 Å². The van der Waals surface area contributed by atoms with E-state index in [1.54, 1.807) is 30.0 Å². The first kappa shape index (κ1) is 17.5. The summed E-state index contributed by atoms with van der Waals surface area (Å²) in [6.45, 7) is 3.41. The predicted molar refractivity (Wildman–Crippen MR) is 90.3 cm³/mol. The Morgan fingerprint density at radius 1 is 1.43 bits per heavy atom. The molecule has 23 heavy (non-hydrogen) atoms. The molecule has 124 valence electrons. The van der Waals surface area contributed by atoms with Crippen LogP contribution in [-0.4, -0.2) is 32.7 Å². The minimum absolute atomic E-state index is 0.141. The van der Waals surface area contributed by atoms with Crippen molar-refractivity contribution in [2.75, 3.05) is 12.0 Å². The molecule has 0 radical (unpaired) electrons. The molecular formula is C16H21FN4OS. The number of amides is 1. The Morgan fingerprint density at radius 3 is 2.78 bits per heavy atom. The number of carbonyl (C=O) groups excluding carboxylic acids is 1. The summed E-state index contributed by atoms with van der Waals surface area (Å²) in [5, 5.41) is 7.30. The van der Waals surface area contributed by atoms with Crippen molar-refractivity contribution in [3.63, 3.8) is 0 Å². The third-order valence-corrected chi connectivity index (χ3v) is 4.02. The van der Waals surface area contributed by atoms with E-state index in [1.165, 1.54) is 17.7 Å². The zero-order valence-electron chi connectivity index (χ0n) is 13.5. The number of aryl methyl sites for hydroxylation is 1. The highest BCUT2D eigenvalue weighted by atomic mass is 32.2. The summed E-state index contributed by atoms with van der Waals surface area (Å²) in [5.74, 6) is 1.54. The van der Waals surface area contributed by atoms with Gasteiger partial charge in [-0.15, -0.1) is 0 Å². The minimum atomic E-state index is -0.368. The van der Waals surface area contributed by atoms with E-state index >= 15 is 0 Å². The predicted octanol–water partition coefficient (Wildman–Crippen LogP) is 2.90. The van der Waals surface area contributed by atoms with Crippen LogP contribution in [0, 0.1) is 5.82 Å². The van der Waals surface area contributed by atoms with Gasteiger partial charge >= 0.3 is 0 Å². The molecule has 0 aliphatic heterocycles. The van der Waals surface area contributed by atoms with Gasteiger partial charge in [-0.25, -0.2) is 14.1 Å². The van der Waals surface area contributed by atoms with Crippen LogP contribution in [0.1, 0.15) is 38.0 Å². The van der Waals surface area contributed by atoms with Gasteiger partial charge in [0.1, 0.15) is 11.5 Å². The van der Waals surface area contributed by atoms with E-state index < -0.39 is 0 Å². The number of carbonyl (C=O) groups is 1. The van der Waals surface area contributed by atoms with Gasteiger partial charge in [-0.05, 0) is 30.6 Å². The van der Waals surface area contributed by atoms with Gasteiger partial charge in [0.25, 0.3) is 0 Å². The molecule has 0 fully saturated rings. The molecule has 1 atom stereocenters. The number of hydrogen-bond donors (Lipinski definition) is 1. The monoisotopic (exact) mass is 336 g/mol. The highest BCUT2D eigenvalue weighted by Crippen LogP contribution is 2.22. The fraction of sp³-hybridized carbons (Fsp3) is 0.438. The largest absolute Gasteiger partial charge is 0.346 e. The van der Waals surface area contributed by atoms with E-state index in [-0.39, 0.29) is 17.8 Å². The molecule has 0 aliphatic carbocycles. The number of nitrogens with zero attached hydrogens (tertiary/aromatic N) is 3. The zero-order chi connectivity index (χ0) is 16.8. The topological polar surface area (TPSA) is 59.8 Å². The van der Waals surface area contributed by atoms with Crippen molar-refractivity contribution in [1.29, 1.82) is 0 Å². The second-order valence-electron chi connectivity index (χ2n) is 5.14. The molecule has 1 aromatic carbocycles. The van der Waals surface area contributed by atoms with Crippen LogP contribution in [0.2, 0.25) is 0 Å². The van der Waals surface area contributed by atoms with E-state index in [2.05, 4.69) is 15.4 Å². The number of aromatic nitrogens is 3. The molecule has 7 heteroatoms. The van der Waals surface area contributed by atoms with E-state index in [0.29, 0.717) is 30.2 Å². The van der Waals surface area contributed by atoms with Crippen LogP contribution in [0.15, 0.2) is 24.3 Å². The van der Waals surface area contributed by atoms with Crippen LogP contribution in [0.25, 0.3) is 5.69 Å². The molecule has 0 saturated heterocycles. The number of hydrogen-bond acceptors (Lipinski definition) is 4. The molecule has 0 bridgehead atoms. The Bertz CT molecular complexity index is 674. The van der Waals surface area contributed by atoms with Crippen LogP contribution < -0.4 is 5.32 Å². The van der Waals surface area contributed by atoms with Gasteiger partial charge in [0.2, 0.25) is 5.91 Å². The molecule has 0 saturated carbocycles. The Hall–Kier alpha value is -1.89. The molecule has 1 heterocycles. The van der Waals surface area contributed by atoms with Crippen molar-refractivity contribution in [1.82, 2.24) is 20.1 Å². The third kappa shape index (κ3) is 4.31. The second kappa shape index (κ2) is 8.10. The van der Waals surface area contributed by atoms with E-state index in [9.17, 15) is 9.18 Å². The van der Waals surface area contributed by atoms with Gasteiger partial charge in [0, 0.05) is 13.3 Å². The van der Waals surface area contributed by atoms with Crippen LogP contribution in [0.4, 0.5) is 4.39 Å². The van der Waals surface area contributed by atoms with E-state index in [0.717, 1.165) is 5.75 Å². The van der Waals surface area contributed by atoms with Crippen molar-refractivity contribution >= 4 is 17.7 Å². The van der Waals surface area contributed by atoms with Gasteiger partial charge in [0.15, 0.2) is 11.6 Å². The molecule has 1 aromatic heterocycles. The number of thioether (sulfide) groups is 1. The first-order chi connectivity index (χ1) is 11.1. The van der Waals surface area contributed by atoms with Gasteiger partial charge in [-0.1, -0.05) is 19.1 Å². The number of halogens is 1. The zero-order valence-corrected chi connectivity index (χ0v) is 14.4. The Morgan fingerprint density at radius 2 is 2.17 bits per heavy atom. The summed E-state index contributed by atoms with van der Waals surface area (Å²) in [7, 11) is 0. The average Bonchev–Trinajstić information content (AvgIpc) is 2.95. The number of para-hydroxylation sites is 1. The lowest BCUT2D eigenvalue weighted by molar-refractivity contribution is -0.119. The highest BCUT2D eigenvalue weighted by molar-refractivity contribution is 7.98. The van der Waals surface area contributed by atoms with Gasteiger partial charge in [-0.2, -0.15) is 16.9 Å². The Labute approximate surface area is 139 Å². The smallest absolute Gasteiger partial charge is 0.217 e. The SMILES string of the molecule is CCc1nc([C@H](CCSC)NC(C)=O)n(-c2ccccc2F)n1. The maximum absolute atomic E-state index is 14.2. The maximum Gasteiger partial charge on any atom is 0.217 e. The second-order valence-corrected chi connectivity index (χ2v) is 6.12.